The fourth-order valence-electron chi connectivity index (χ4n) is 9.59. The van der Waals surface area contributed by atoms with Gasteiger partial charge in [-0.1, -0.05) is 120 Å². The molecule has 10 rings (SSSR count). The Labute approximate surface area is 424 Å². The van der Waals surface area contributed by atoms with E-state index in [9.17, 15) is 0 Å². The van der Waals surface area contributed by atoms with Crippen LogP contribution < -0.4 is 103 Å². The van der Waals surface area contributed by atoms with Crippen LogP contribution in [0.1, 0.15) is 0 Å². The minimum absolute atomic E-state index is 0.0236. The van der Waals surface area contributed by atoms with Crippen LogP contribution in [-0.2, 0) is 0 Å². The van der Waals surface area contributed by atoms with Crippen LogP contribution in [0.4, 0.5) is 17.1 Å². The molecule has 0 saturated carbocycles. The number of furan rings is 1. The normalized spacial score (nSPS) is 11.7. The van der Waals surface area contributed by atoms with Crippen molar-refractivity contribution in [2.75, 3.05) is 4.90 Å². The molecule has 0 aliphatic carbocycles. The number of fused-ring (bicyclic) bond motifs is 7. The first-order chi connectivity index (χ1) is 32.8. The summed E-state index contributed by atoms with van der Waals surface area (Å²) in [5.41, 5.74) is 1.82. The highest BCUT2D eigenvalue weighted by Crippen LogP contribution is 2.47. The van der Waals surface area contributed by atoms with Crippen molar-refractivity contribution in [2.24, 2.45) is 0 Å². The van der Waals surface area contributed by atoms with E-state index in [2.05, 4.69) is 4.57 Å². The van der Waals surface area contributed by atoms with Crippen molar-refractivity contribution < 1.29 is 4.42 Å². The number of para-hydroxylation sites is 3. The average molecular weight is 829 g/mol. The molecule has 3 nitrogen and oxygen atoms in total. The minimum Gasteiger partial charge on any atom is -0.454 e. The number of hydrogen-bond donors (Lipinski definition) is 0. The first-order valence-electron chi connectivity index (χ1n) is 21.1. The molecule has 10 aromatic rings. The van der Waals surface area contributed by atoms with Crippen molar-refractivity contribution in [3.63, 3.8) is 0 Å². The third kappa shape index (κ3) is 6.68. The number of rotatable bonds is 6. The molecule has 0 spiro atoms. The zero-order valence-electron chi connectivity index (χ0n) is 36.8. The van der Waals surface area contributed by atoms with Gasteiger partial charge in [0.2, 0.25) is 0 Å². The Hall–Kier alpha value is -5.67. The molecule has 0 atom stereocenters. The smallest absolute Gasteiger partial charge is 0.160 e. The summed E-state index contributed by atoms with van der Waals surface area (Å²) in [5.74, 6) is 0. The molecular formula is C48H14B18N2O. The SMILES string of the molecule is [B]c1c([B])c([B])c(-c2c([B])c([B])c(N(c3c([B])c([B])c(-c4c([B])c([B])c([B])c([B])c4[B])c([B])c3[B])c3cc4c(c5ccccc5n4-c4ccccc4)c4c3oc3ccccc34)c([B])c2[B])c([B])c1[B]. The number of aromatic nitrogens is 1. The highest BCUT2D eigenvalue weighted by atomic mass is 16.3. The van der Waals surface area contributed by atoms with Crippen LogP contribution in [-0.4, -0.2) is 146 Å². The molecule has 0 aliphatic heterocycles. The van der Waals surface area contributed by atoms with Gasteiger partial charge in [-0.15, -0.1) is 32.8 Å². The van der Waals surface area contributed by atoms with E-state index < -0.39 is 0 Å². The number of benzene rings is 8. The Balaban J connectivity index is 1.42. The van der Waals surface area contributed by atoms with Gasteiger partial charge in [0.15, 0.2) is 5.58 Å². The Morgan fingerprint density at radius 1 is 0.333 bits per heavy atom. The summed E-state index contributed by atoms with van der Waals surface area (Å²) in [5, 5.41) is 3.27. The van der Waals surface area contributed by atoms with Crippen LogP contribution in [0.15, 0.2) is 89.3 Å². The minimum atomic E-state index is -0.162. The van der Waals surface area contributed by atoms with Crippen molar-refractivity contribution in [1.82, 2.24) is 4.57 Å². The monoisotopic (exact) mass is 832 g/mol. The van der Waals surface area contributed by atoms with E-state index in [4.69, 9.17) is 146 Å². The van der Waals surface area contributed by atoms with Crippen LogP contribution in [0.5, 0.6) is 0 Å². The molecular weight excluding hydrogens is 815 g/mol. The van der Waals surface area contributed by atoms with Crippen LogP contribution in [0, 0.1) is 0 Å². The summed E-state index contributed by atoms with van der Waals surface area (Å²) < 4.78 is 9.02. The Bertz CT molecular complexity index is 3650. The summed E-state index contributed by atoms with van der Waals surface area (Å²) in [4.78, 5) is 1.55. The molecule has 0 bridgehead atoms. The third-order valence-corrected chi connectivity index (χ3v) is 13.1. The van der Waals surface area contributed by atoms with Crippen molar-refractivity contribution in [1.29, 1.82) is 0 Å². The van der Waals surface area contributed by atoms with Gasteiger partial charge in [0.1, 0.15) is 147 Å². The van der Waals surface area contributed by atoms with Crippen LogP contribution in [0.25, 0.3) is 71.7 Å². The lowest BCUT2D eigenvalue weighted by Gasteiger charge is -2.38. The summed E-state index contributed by atoms with van der Waals surface area (Å²) in [6.07, 6.45) is 0. The maximum absolute atomic E-state index is 7.25. The molecule has 21 heteroatoms. The lowest BCUT2D eigenvalue weighted by Crippen LogP contribution is -2.57. The molecule has 0 fully saturated rings. The predicted octanol–water partition coefficient (Wildman–Crippen LogP) is -8.22. The van der Waals surface area contributed by atoms with E-state index >= 15 is 0 Å². The first kappa shape index (κ1) is 47.0. The molecule has 2 aromatic heterocycles. The van der Waals surface area contributed by atoms with Gasteiger partial charge in [-0.25, -0.2) is 0 Å². The van der Waals surface area contributed by atoms with Gasteiger partial charge in [-0.3, -0.25) is 0 Å². The number of anilines is 3. The van der Waals surface area contributed by atoms with Gasteiger partial charge in [0.25, 0.3) is 0 Å². The van der Waals surface area contributed by atoms with Gasteiger partial charge < -0.3 is 13.9 Å². The second-order valence-corrected chi connectivity index (χ2v) is 16.8. The lowest BCUT2D eigenvalue weighted by molar-refractivity contribution is 0.669. The topological polar surface area (TPSA) is 21.3 Å². The second kappa shape index (κ2) is 17.0. The lowest BCUT2D eigenvalue weighted by atomic mass is 9.56. The second-order valence-electron chi connectivity index (χ2n) is 16.8. The summed E-state index contributed by atoms with van der Waals surface area (Å²) in [6, 6.07) is 27.3. The Morgan fingerprint density at radius 2 is 0.696 bits per heavy atom. The van der Waals surface area contributed by atoms with Gasteiger partial charge in [0, 0.05) is 38.6 Å². The predicted molar refractivity (Wildman–Crippen MR) is 311 cm³/mol. The highest BCUT2D eigenvalue weighted by Gasteiger charge is 2.32. The standard InChI is InChI=1S/C48H14B18N2O/c49-28-24(29(50)37(58)40(61)36(28)57)26-32(53)42(63)46(43(64)33(26)54)68(47-44(65)34(55)27(35(56)45(47)66)25-30(51)38(59)41(62)39(60)31(25)52)20-14-19-22(23-17-11-5-7-13-21(17)69-48(20)23)16-10-4-6-12-18(16)67(19)15-8-2-1-3-9-15/h1-14H. The van der Waals surface area contributed by atoms with Crippen LogP contribution in [0.2, 0.25) is 0 Å². The maximum Gasteiger partial charge on any atom is 0.160 e. The molecule has 0 amide bonds. The molecule has 276 valence electrons. The van der Waals surface area contributed by atoms with Crippen molar-refractivity contribution in [3.8, 4) is 27.9 Å². The molecule has 69 heavy (non-hydrogen) atoms. The van der Waals surface area contributed by atoms with Gasteiger partial charge in [-0.05, 0) is 52.6 Å². The van der Waals surface area contributed by atoms with Crippen molar-refractivity contribution in [3.05, 3.63) is 84.9 Å². The van der Waals surface area contributed by atoms with Crippen molar-refractivity contribution >= 4 is 300 Å². The first-order valence-corrected chi connectivity index (χ1v) is 21.1. The zero-order chi connectivity index (χ0) is 49.4. The molecule has 8 aromatic carbocycles. The van der Waals surface area contributed by atoms with E-state index in [0.717, 1.165) is 27.4 Å². The number of nitrogens with zero attached hydrogens (tertiary/aromatic N) is 2. The van der Waals surface area contributed by atoms with Crippen LogP contribution >= 0.6 is 0 Å². The van der Waals surface area contributed by atoms with E-state index in [1.54, 1.807) is 4.90 Å². The molecule has 0 saturated heterocycles. The fourth-order valence-corrected chi connectivity index (χ4v) is 9.59. The molecule has 0 unspecified atom stereocenters. The number of hydrogen-bond acceptors (Lipinski definition) is 2. The average Bonchev–Trinajstić information content (AvgIpc) is 3.90. The van der Waals surface area contributed by atoms with Crippen molar-refractivity contribution in [2.45, 2.75) is 0 Å². The maximum atomic E-state index is 7.25. The van der Waals surface area contributed by atoms with Gasteiger partial charge >= 0.3 is 0 Å². The van der Waals surface area contributed by atoms with E-state index in [-0.39, 0.29) is 138 Å². The molecule has 0 N–H and O–H groups in total. The zero-order valence-corrected chi connectivity index (χ0v) is 36.8. The van der Waals surface area contributed by atoms with E-state index in [1.165, 1.54) is 0 Å². The quantitative estimate of drug-likeness (QED) is 0.156. The third-order valence-electron chi connectivity index (χ3n) is 13.1. The van der Waals surface area contributed by atoms with E-state index in [1.807, 2.05) is 84.9 Å². The van der Waals surface area contributed by atoms with E-state index in [0.29, 0.717) is 22.1 Å². The molecule has 36 radical (unpaired) electrons. The Kier molecular flexibility index (Phi) is 11.6. The van der Waals surface area contributed by atoms with Gasteiger partial charge in [-0.2, -0.15) is 0 Å². The van der Waals surface area contributed by atoms with Crippen LogP contribution in [0.3, 0.4) is 0 Å². The fraction of sp³-hybridized carbons (Fsp3) is 0. The highest BCUT2D eigenvalue weighted by molar-refractivity contribution is 6.73. The molecule has 2 heterocycles. The largest absolute Gasteiger partial charge is 0.454 e. The summed E-state index contributed by atoms with van der Waals surface area (Å²) in [6.45, 7) is 0. The molecule has 0 aliphatic rings. The van der Waals surface area contributed by atoms with Gasteiger partial charge in [0.05, 0.1) is 16.7 Å². The Morgan fingerprint density at radius 3 is 1.14 bits per heavy atom. The summed E-state index contributed by atoms with van der Waals surface area (Å²) >= 11 is 0. The summed E-state index contributed by atoms with van der Waals surface area (Å²) in [7, 11) is 121.